The maximum absolute atomic E-state index is 12.2. The molecule has 0 saturated carbocycles. The predicted molar refractivity (Wildman–Crippen MR) is 85.6 cm³/mol. The van der Waals surface area contributed by atoms with E-state index in [1.165, 1.54) is 4.88 Å². The van der Waals surface area contributed by atoms with Gasteiger partial charge in [0.15, 0.2) is 5.13 Å². The van der Waals surface area contributed by atoms with Crippen LogP contribution in [0.25, 0.3) is 0 Å². The first-order valence-electron chi connectivity index (χ1n) is 7.04. The molecule has 5 nitrogen and oxygen atoms in total. The molecule has 1 aromatic heterocycles. The molecule has 1 aliphatic rings. The number of nitrogen functional groups attached to an aromatic ring is 1. The number of nitrogens with two attached hydrogens (primary N) is 1. The molecule has 0 saturated heterocycles. The van der Waals surface area contributed by atoms with Crippen LogP contribution >= 0.6 is 11.3 Å². The van der Waals surface area contributed by atoms with Gasteiger partial charge in [-0.3, -0.25) is 15.0 Å². The van der Waals surface area contributed by atoms with Gasteiger partial charge in [0, 0.05) is 30.1 Å². The monoisotopic (exact) mass is 302 g/mol. The van der Waals surface area contributed by atoms with Crippen molar-refractivity contribution in [3.8, 4) is 0 Å². The number of fused-ring (bicyclic) bond motifs is 1. The average molecular weight is 302 g/mol. The number of anilines is 2. The molecule has 0 spiro atoms. The maximum Gasteiger partial charge on any atom is 0.259 e. The Hall–Kier alpha value is -1.92. The molecule has 3 N–H and O–H groups in total. The summed E-state index contributed by atoms with van der Waals surface area (Å²) in [6.07, 6.45) is 0.947. The lowest BCUT2D eigenvalue weighted by Crippen LogP contribution is -2.29. The highest BCUT2D eigenvalue weighted by molar-refractivity contribution is 7.15. The topological polar surface area (TPSA) is 71.2 Å². The Kier molecular flexibility index (Phi) is 3.90. The molecular formula is C15H18N4OS. The second-order valence-electron chi connectivity index (χ2n) is 5.05. The Morgan fingerprint density at radius 2 is 2.29 bits per heavy atom. The minimum atomic E-state index is -0.202. The highest BCUT2D eigenvalue weighted by atomic mass is 32.1. The van der Waals surface area contributed by atoms with Gasteiger partial charge in [0.05, 0.1) is 11.3 Å². The van der Waals surface area contributed by atoms with Gasteiger partial charge in [-0.25, -0.2) is 4.98 Å². The Bertz CT molecular complexity index is 667. The molecule has 1 amide bonds. The lowest BCUT2D eigenvalue weighted by Gasteiger charge is -2.23. The molecule has 1 aromatic carbocycles. The number of amides is 1. The quantitative estimate of drug-likeness (QED) is 0.854. The van der Waals surface area contributed by atoms with Crippen molar-refractivity contribution in [2.24, 2.45) is 0 Å². The van der Waals surface area contributed by atoms with Crippen LogP contribution in [0, 0.1) is 0 Å². The van der Waals surface area contributed by atoms with E-state index in [0.717, 1.165) is 31.7 Å². The van der Waals surface area contributed by atoms with Gasteiger partial charge in [0.2, 0.25) is 0 Å². The Balaban J connectivity index is 1.76. The summed E-state index contributed by atoms with van der Waals surface area (Å²) in [5.41, 5.74) is 7.90. The van der Waals surface area contributed by atoms with Crippen molar-refractivity contribution in [3.05, 3.63) is 40.4 Å². The summed E-state index contributed by atoms with van der Waals surface area (Å²) in [5, 5.41) is 3.52. The van der Waals surface area contributed by atoms with Gasteiger partial charge in [-0.1, -0.05) is 19.1 Å². The van der Waals surface area contributed by atoms with Crippen molar-refractivity contribution in [2.75, 3.05) is 24.1 Å². The van der Waals surface area contributed by atoms with E-state index in [0.29, 0.717) is 16.4 Å². The number of carbonyl (C=O) groups is 1. The first kappa shape index (κ1) is 14.0. The van der Waals surface area contributed by atoms with E-state index in [9.17, 15) is 4.79 Å². The Morgan fingerprint density at radius 3 is 3.05 bits per heavy atom. The molecule has 6 heteroatoms. The second kappa shape index (κ2) is 5.83. The summed E-state index contributed by atoms with van der Waals surface area (Å²) in [6.45, 7) is 5.16. The van der Waals surface area contributed by atoms with E-state index in [1.54, 1.807) is 29.5 Å². The van der Waals surface area contributed by atoms with Gasteiger partial charge in [-0.15, -0.1) is 11.3 Å². The number of likely N-dealkylation sites (N-methyl/N-ethyl adjacent to an activating group) is 1. The van der Waals surface area contributed by atoms with E-state index in [2.05, 4.69) is 22.1 Å². The molecule has 0 atom stereocenters. The number of aromatic nitrogens is 1. The van der Waals surface area contributed by atoms with E-state index < -0.39 is 0 Å². The van der Waals surface area contributed by atoms with Crippen LogP contribution in [0.3, 0.4) is 0 Å². The molecule has 2 aromatic rings. The summed E-state index contributed by atoms with van der Waals surface area (Å²) < 4.78 is 0. The molecule has 0 unspecified atom stereocenters. The zero-order valence-electron chi connectivity index (χ0n) is 11.9. The van der Waals surface area contributed by atoms with Crippen molar-refractivity contribution in [1.82, 2.24) is 9.88 Å². The number of rotatable bonds is 3. The van der Waals surface area contributed by atoms with E-state index in [4.69, 9.17) is 5.73 Å². The SMILES string of the molecule is CCN1CCc2nc(NC(=O)c3ccccc3N)sc2C1. The van der Waals surface area contributed by atoms with Crippen LogP contribution in [0.2, 0.25) is 0 Å². The third-order valence-electron chi connectivity index (χ3n) is 3.68. The van der Waals surface area contributed by atoms with Crippen LogP contribution in [-0.4, -0.2) is 28.9 Å². The van der Waals surface area contributed by atoms with Gasteiger partial charge in [-0.05, 0) is 18.7 Å². The molecular weight excluding hydrogens is 284 g/mol. The normalized spacial score (nSPS) is 14.7. The zero-order valence-corrected chi connectivity index (χ0v) is 12.7. The van der Waals surface area contributed by atoms with Gasteiger partial charge < -0.3 is 5.73 Å². The number of hydrogen-bond donors (Lipinski definition) is 2. The number of nitrogens with one attached hydrogen (secondary N) is 1. The van der Waals surface area contributed by atoms with E-state index >= 15 is 0 Å². The average Bonchev–Trinajstić information content (AvgIpc) is 2.88. The van der Waals surface area contributed by atoms with E-state index in [-0.39, 0.29) is 5.91 Å². The van der Waals surface area contributed by atoms with Gasteiger partial charge in [0.1, 0.15) is 0 Å². The number of carbonyl (C=O) groups excluding carboxylic acids is 1. The van der Waals surface area contributed by atoms with Gasteiger partial charge in [-0.2, -0.15) is 0 Å². The fourth-order valence-electron chi connectivity index (χ4n) is 2.44. The third-order valence-corrected chi connectivity index (χ3v) is 4.68. The lowest BCUT2D eigenvalue weighted by atomic mass is 10.2. The van der Waals surface area contributed by atoms with E-state index in [1.807, 2.05) is 6.07 Å². The van der Waals surface area contributed by atoms with Crippen LogP contribution in [0.15, 0.2) is 24.3 Å². The summed E-state index contributed by atoms with van der Waals surface area (Å²) in [5.74, 6) is -0.202. The summed E-state index contributed by atoms with van der Waals surface area (Å²) in [7, 11) is 0. The molecule has 2 heterocycles. The standard InChI is InChI=1S/C15H18N4OS/c1-2-19-8-7-12-13(9-19)21-15(17-12)18-14(20)10-5-3-4-6-11(10)16/h3-6H,2,7-9,16H2,1H3,(H,17,18,20). The van der Waals surface area contributed by atoms with Crippen molar-refractivity contribution < 1.29 is 4.79 Å². The third kappa shape index (κ3) is 2.91. The fourth-order valence-corrected chi connectivity index (χ4v) is 3.49. The van der Waals surface area contributed by atoms with Gasteiger partial charge in [0.25, 0.3) is 5.91 Å². The first-order valence-corrected chi connectivity index (χ1v) is 7.86. The number of benzene rings is 1. The summed E-state index contributed by atoms with van der Waals surface area (Å²) >= 11 is 1.56. The summed E-state index contributed by atoms with van der Waals surface area (Å²) in [4.78, 5) is 20.4. The molecule has 0 fully saturated rings. The molecule has 1 aliphatic heterocycles. The van der Waals surface area contributed by atoms with Crippen molar-refractivity contribution in [3.63, 3.8) is 0 Å². The van der Waals surface area contributed by atoms with Crippen LogP contribution in [0.4, 0.5) is 10.8 Å². The van der Waals surface area contributed by atoms with Crippen LogP contribution in [0.1, 0.15) is 27.9 Å². The Labute approximate surface area is 127 Å². The molecule has 21 heavy (non-hydrogen) atoms. The van der Waals surface area contributed by atoms with Crippen molar-refractivity contribution in [1.29, 1.82) is 0 Å². The number of nitrogens with zero attached hydrogens (tertiary/aromatic N) is 2. The first-order chi connectivity index (χ1) is 10.2. The minimum Gasteiger partial charge on any atom is -0.398 e. The Morgan fingerprint density at radius 1 is 1.48 bits per heavy atom. The highest BCUT2D eigenvalue weighted by Gasteiger charge is 2.20. The minimum absolute atomic E-state index is 0.202. The molecule has 0 bridgehead atoms. The number of hydrogen-bond acceptors (Lipinski definition) is 5. The van der Waals surface area contributed by atoms with Crippen LogP contribution < -0.4 is 11.1 Å². The van der Waals surface area contributed by atoms with Crippen LogP contribution in [-0.2, 0) is 13.0 Å². The van der Waals surface area contributed by atoms with Gasteiger partial charge >= 0.3 is 0 Å². The fraction of sp³-hybridized carbons (Fsp3) is 0.333. The predicted octanol–water partition coefficient (Wildman–Crippen LogP) is 2.36. The molecule has 3 rings (SSSR count). The smallest absolute Gasteiger partial charge is 0.259 e. The second-order valence-corrected chi connectivity index (χ2v) is 6.13. The molecule has 0 aliphatic carbocycles. The number of para-hydroxylation sites is 1. The van der Waals surface area contributed by atoms with Crippen molar-refractivity contribution in [2.45, 2.75) is 19.9 Å². The molecule has 110 valence electrons. The highest BCUT2D eigenvalue weighted by Crippen LogP contribution is 2.28. The lowest BCUT2D eigenvalue weighted by molar-refractivity contribution is 0.102. The largest absolute Gasteiger partial charge is 0.398 e. The van der Waals surface area contributed by atoms with Crippen molar-refractivity contribution >= 4 is 28.1 Å². The maximum atomic E-state index is 12.2. The number of thiazole rings is 1. The van der Waals surface area contributed by atoms with Crippen LogP contribution in [0.5, 0.6) is 0 Å². The molecule has 0 radical (unpaired) electrons. The summed E-state index contributed by atoms with van der Waals surface area (Å²) in [6, 6.07) is 7.06. The zero-order chi connectivity index (χ0) is 14.8.